The second-order valence-electron chi connectivity index (χ2n) is 2.57. The molecule has 0 unspecified atom stereocenters. The molecule has 4 heteroatoms. The third-order valence-electron chi connectivity index (χ3n) is 1.63. The Labute approximate surface area is 84.9 Å². The van der Waals surface area contributed by atoms with Crippen LogP contribution in [0.15, 0.2) is 28.7 Å². The summed E-state index contributed by atoms with van der Waals surface area (Å²) >= 11 is 3.39. The molecule has 13 heavy (non-hydrogen) atoms. The zero-order valence-corrected chi connectivity index (χ0v) is 8.54. The van der Waals surface area contributed by atoms with Gasteiger partial charge in [0.25, 0.3) is 0 Å². The van der Waals surface area contributed by atoms with Crippen molar-refractivity contribution in [2.24, 2.45) is 0 Å². The van der Waals surface area contributed by atoms with Crippen molar-refractivity contribution in [3.8, 4) is 0 Å². The van der Waals surface area contributed by atoms with Crippen molar-refractivity contribution in [1.82, 2.24) is 5.32 Å². The van der Waals surface area contributed by atoms with Crippen LogP contribution in [0.25, 0.3) is 0 Å². The molecule has 0 fully saturated rings. The Bertz CT molecular complexity index is 301. The molecule has 0 heterocycles. The lowest BCUT2D eigenvalue weighted by molar-refractivity contribution is 0.194. The summed E-state index contributed by atoms with van der Waals surface area (Å²) in [5, 5.41) is 10.7. The van der Waals surface area contributed by atoms with E-state index in [2.05, 4.69) is 21.2 Å². The number of hydrogen-bond donors (Lipinski definition) is 2. The molecular formula is C9H10BrNO2. The number of carbonyl (C=O) groups is 1. The predicted molar refractivity (Wildman–Crippen MR) is 53.9 cm³/mol. The zero-order chi connectivity index (χ0) is 9.68. The minimum absolute atomic E-state index is 0.442. The van der Waals surface area contributed by atoms with Gasteiger partial charge in [0.2, 0.25) is 0 Å². The van der Waals surface area contributed by atoms with Crippen LogP contribution in [0, 0.1) is 0 Å². The van der Waals surface area contributed by atoms with Crippen molar-refractivity contribution in [3.63, 3.8) is 0 Å². The zero-order valence-electron chi connectivity index (χ0n) is 6.96. The van der Waals surface area contributed by atoms with E-state index in [-0.39, 0.29) is 0 Å². The van der Waals surface area contributed by atoms with Gasteiger partial charge in [-0.15, -0.1) is 0 Å². The second kappa shape index (κ2) is 4.87. The molecule has 70 valence electrons. The van der Waals surface area contributed by atoms with Crippen molar-refractivity contribution in [2.75, 3.05) is 6.54 Å². The van der Waals surface area contributed by atoms with E-state index in [0.717, 1.165) is 10.0 Å². The number of nitrogens with one attached hydrogen (secondary N) is 1. The van der Waals surface area contributed by atoms with Crippen LogP contribution in [-0.4, -0.2) is 17.7 Å². The first-order valence-electron chi connectivity index (χ1n) is 3.90. The van der Waals surface area contributed by atoms with Crippen molar-refractivity contribution in [1.29, 1.82) is 0 Å². The Hall–Kier alpha value is -1.03. The maximum Gasteiger partial charge on any atom is 0.404 e. The Morgan fingerprint density at radius 2 is 2.15 bits per heavy atom. The van der Waals surface area contributed by atoms with Crippen LogP contribution < -0.4 is 5.32 Å². The van der Waals surface area contributed by atoms with E-state index in [1.54, 1.807) is 0 Å². The molecule has 0 radical (unpaired) electrons. The van der Waals surface area contributed by atoms with E-state index in [4.69, 9.17) is 5.11 Å². The molecule has 1 aromatic rings. The number of amides is 1. The first kappa shape index (κ1) is 10.1. The average Bonchev–Trinajstić information content (AvgIpc) is 2.08. The molecule has 0 aliphatic rings. The quantitative estimate of drug-likeness (QED) is 0.856. The van der Waals surface area contributed by atoms with Crippen molar-refractivity contribution in [2.45, 2.75) is 6.42 Å². The highest BCUT2D eigenvalue weighted by atomic mass is 79.9. The van der Waals surface area contributed by atoms with Crippen LogP contribution in [0.4, 0.5) is 4.79 Å². The molecule has 1 rings (SSSR count). The summed E-state index contributed by atoms with van der Waals surface area (Å²) in [6.45, 7) is 0.442. The maximum atomic E-state index is 10.2. The Morgan fingerprint density at radius 1 is 1.46 bits per heavy atom. The van der Waals surface area contributed by atoms with E-state index in [0.29, 0.717) is 13.0 Å². The normalized spacial score (nSPS) is 9.62. The van der Waals surface area contributed by atoms with Crippen molar-refractivity contribution >= 4 is 22.0 Å². The SMILES string of the molecule is O=C(O)NCCc1ccccc1Br. The van der Waals surface area contributed by atoms with E-state index < -0.39 is 6.09 Å². The molecule has 0 atom stereocenters. The molecule has 0 saturated carbocycles. The summed E-state index contributed by atoms with van der Waals surface area (Å²) in [5.74, 6) is 0. The Balaban J connectivity index is 2.45. The number of hydrogen-bond acceptors (Lipinski definition) is 1. The summed E-state index contributed by atoms with van der Waals surface area (Å²) in [4.78, 5) is 10.2. The maximum absolute atomic E-state index is 10.2. The fourth-order valence-corrected chi connectivity index (χ4v) is 1.49. The minimum atomic E-state index is -0.980. The molecule has 0 aromatic heterocycles. The highest BCUT2D eigenvalue weighted by Gasteiger charge is 1.98. The molecule has 2 N–H and O–H groups in total. The van der Waals surface area contributed by atoms with Crippen molar-refractivity contribution < 1.29 is 9.90 Å². The molecule has 1 amide bonds. The molecular weight excluding hydrogens is 234 g/mol. The molecule has 1 aromatic carbocycles. The lowest BCUT2D eigenvalue weighted by Crippen LogP contribution is -2.23. The van der Waals surface area contributed by atoms with Gasteiger partial charge in [0.15, 0.2) is 0 Å². The summed E-state index contributed by atoms with van der Waals surface area (Å²) in [6, 6.07) is 7.77. The molecule has 0 aliphatic carbocycles. The Kier molecular flexibility index (Phi) is 3.76. The number of rotatable bonds is 3. The van der Waals surface area contributed by atoms with E-state index in [1.165, 1.54) is 0 Å². The van der Waals surface area contributed by atoms with Crippen LogP contribution >= 0.6 is 15.9 Å². The lowest BCUT2D eigenvalue weighted by atomic mass is 10.1. The monoisotopic (exact) mass is 243 g/mol. The third kappa shape index (κ3) is 3.46. The highest BCUT2D eigenvalue weighted by Crippen LogP contribution is 2.15. The van der Waals surface area contributed by atoms with Crippen LogP contribution in [0.1, 0.15) is 5.56 Å². The van der Waals surface area contributed by atoms with E-state index in [1.807, 2.05) is 24.3 Å². The third-order valence-corrected chi connectivity index (χ3v) is 2.40. The van der Waals surface area contributed by atoms with Crippen molar-refractivity contribution in [3.05, 3.63) is 34.3 Å². The number of halogens is 1. The van der Waals surface area contributed by atoms with Crippen LogP contribution in [0.2, 0.25) is 0 Å². The molecule has 0 aliphatic heterocycles. The van der Waals surface area contributed by atoms with Gasteiger partial charge >= 0.3 is 6.09 Å². The summed E-state index contributed by atoms with van der Waals surface area (Å²) in [7, 11) is 0. The fraction of sp³-hybridized carbons (Fsp3) is 0.222. The predicted octanol–water partition coefficient (Wildman–Crippen LogP) is 2.26. The van der Waals surface area contributed by atoms with Gasteiger partial charge in [0.1, 0.15) is 0 Å². The largest absolute Gasteiger partial charge is 0.465 e. The fourth-order valence-electron chi connectivity index (χ4n) is 1.01. The standard InChI is InChI=1S/C9H10BrNO2/c10-8-4-2-1-3-7(8)5-6-11-9(12)13/h1-4,11H,5-6H2,(H,12,13). The minimum Gasteiger partial charge on any atom is -0.465 e. The van der Waals surface area contributed by atoms with E-state index >= 15 is 0 Å². The first-order valence-corrected chi connectivity index (χ1v) is 4.69. The summed E-state index contributed by atoms with van der Waals surface area (Å²) < 4.78 is 1.02. The lowest BCUT2D eigenvalue weighted by Gasteiger charge is -2.03. The van der Waals surface area contributed by atoms with Crippen LogP contribution in [-0.2, 0) is 6.42 Å². The molecule has 3 nitrogen and oxygen atoms in total. The van der Waals surface area contributed by atoms with Crippen LogP contribution in [0.5, 0.6) is 0 Å². The molecule has 0 bridgehead atoms. The molecule has 0 spiro atoms. The number of benzene rings is 1. The highest BCUT2D eigenvalue weighted by molar-refractivity contribution is 9.10. The van der Waals surface area contributed by atoms with Gasteiger partial charge in [-0.1, -0.05) is 34.1 Å². The van der Waals surface area contributed by atoms with Gasteiger partial charge < -0.3 is 10.4 Å². The molecule has 0 saturated heterocycles. The first-order chi connectivity index (χ1) is 6.20. The summed E-state index contributed by atoms with van der Waals surface area (Å²) in [6.07, 6.45) is -0.277. The number of carboxylic acid groups (broad SMARTS) is 1. The van der Waals surface area contributed by atoms with Gasteiger partial charge in [-0.25, -0.2) is 4.79 Å². The van der Waals surface area contributed by atoms with Gasteiger partial charge in [-0.2, -0.15) is 0 Å². The average molecular weight is 244 g/mol. The van der Waals surface area contributed by atoms with Gasteiger partial charge in [0.05, 0.1) is 0 Å². The van der Waals surface area contributed by atoms with Gasteiger partial charge in [-0.05, 0) is 18.1 Å². The second-order valence-corrected chi connectivity index (χ2v) is 3.43. The van der Waals surface area contributed by atoms with Gasteiger partial charge in [-0.3, -0.25) is 0 Å². The van der Waals surface area contributed by atoms with Gasteiger partial charge in [0, 0.05) is 11.0 Å². The smallest absolute Gasteiger partial charge is 0.404 e. The van der Waals surface area contributed by atoms with Crippen LogP contribution in [0.3, 0.4) is 0 Å². The summed E-state index contributed by atoms with van der Waals surface area (Å²) in [5.41, 5.74) is 1.11. The van der Waals surface area contributed by atoms with E-state index in [9.17, 15) is 4.79 Å². The Morgan fingerprint density at radius 3 is 2.77 bits per heavy atom. The topological polar surface area (TPSA) is 49.3 Å².